The molecule has 0 spiro atoms. The molecule has 2 aliphatic rings. The first-order valence-corrected chi connectivity index (χ1v) is 11.5. The lowest BCUT2D eigenvalue weighted by Crippen LogP contribution is -2.29. The monoisotopic (exact) mass is 449 g/mol. The normalized spacial score (nSPS) is 17.5. The summed E-state index contributed by atoms with van der Waals surface area (Å²) < 4.78 is 27.7. The molecule has 1 atom stereocenters. The Morgan fingerprint density at radius 3 is 2.76 bits per heavy atom. The number of hydrogen-bond acceptors (Lipinski definition) is 5. The van der Waals surface area contributed by atoms with E-state index in [1.807, 2.05) is 29.3 Å². The van der Waals surface area contributed by atoms with Crippen LogP contribution in [0.4, 0.5) is 5.69 Å². The second-order valence-electron chi connectivity index (χ2n) is 8.55. The highest BCUT2D eigenvalue weighted by Gasteiger charge is 2.28. The van der Waals surface area contributed by atoms with Crippen LogP contribution >= 0.6 is 0 Å². The van der Waals surface area contributed by atoms with Crippen LogP contribution in [0.15, 0.2) is 55.2 Å². The maximum absolute atomic E-state index is 6.68. The molecule has 1 saturated heterocycles. The number of benzene rings is 1. The van der Waals surface area contributed by atoms with Gasteiger partial charge < -0.3 is 23.8 Å². The molecule has 0 amide bonds. The first-order chi connectivity index (χ1) is 16.2. The van der Waals surface area contributed by atoms with Crippen LogP contribution in [0.2, 0.25) is 0 Å². The topological polar surface area (TPSA) is 49.2 Å². The van der Waals surface area contributed by atoms with Gasteiger partial charge >= 0.3 is 0 Å². The molecule has 1 aromatic carbocycles. The minimum atomic E-state index is -0.135. The number of anilines is 1. The van der Waals surface area contributed by atoms with Crippen molar-refractivity contribution in [1.29, 1.82) is 0 Å². The number of aryl methyl sites for hydroxylation is 2. The van der Waals surface area contributed by atoms with Gasteiger partial charge in [0.25, 0.3) is 5.65 Å². The molecule has 2 aromatic heterocycles. The molecule has 7 nitrogen and oxygen atoms in total. The van der Waals surface area contributed by atoms with E-state index < -0.39 is 0 Å². The highest BCUT2D eigenvalue weighted by Crippen LogP contribution is 2.33. The number of rotatable bonds is 7. The summed E-state index contributed by atoms with van der Waals surface area (Å²) in [4.78, 5) is 2.01. The molecular formula is C26H31N3O4+. The summed E-state index contributed by atoms with van der Waals surface area (Å²) in [5, 5.41) is 0. The summed E-state index contributed by atoms with van der Waals surface area (Å²) in [6.07, 6.45) is 9.72. The Kier molecular flexibility index (Phi) is 6.24. The predicted molar refractivity (Wildman–Crippen MR) is 125 cm³/mol. The predicted octanol–water partition coefficient (Wildman–Crippen LogP) is 4.22. The van der Waals surface area contributed by atoms with Crippen molar-refractivity contribution in [3.8, 4) is 5.75 Å². The van der Waals surface area contributed by atoms with Crippen molar-refractivity contribution in [3.63, 3.8) is 0 Å². The standard InChI is InChI=1S/C26H31N3O4/c1-19-16-25-27(10-11-29(25)20(2)26(19)28-12-15-32-18-28)17-24(33-21-8-13-31-14-9-21)22-6-4-5-7-23(22)30-3/h4-7,10-12,15-16,18,21,24H,8-9,13-14,17H2,1-3H3/q+1. The third kappa shape index (κ3) is 4.30. The van der Waals surface area contributed by atoms with Crippen molar-refractivity contribution in [2.75, 3.05) is 25.2 Å². The number of ether oxygens (including phenoxy) is 4. The molecule has 3 aromatic rings. The van der Waals surface area contributed by atoms with Crippen LogP contribution in [0.5, 0.6) is 5.75 Å². The summed E-state index contributed by atoms with van der Waals surface area (Å²) in [6.45, 7) is 8.17. The highest BCUT2D eigenvalue weighted by molar-refractivity contribution is 5.61. The van der Waals surface area contributed by atoms with Crippen molar-refractivity contribution in [2.45, 2.75) is 45.4 Å². The largest absolute Gasteiger partial charge is 0.496 e. The number of pyridine rings is 1. The van der Waals surface area contributed by atoms with Gasteiger partial charge in [0.05, 0.1) is 18.9 Å². The van der Waals surface area contributed by atoms with Crippen molar-refractivity contribution >= 4 is 11.3 Å². The average Bonchev–Trinajstić information content (AvgIpc) is 3.50. The summed E-state index contributed by atoms with van der Waals surface area (Å²) in [7, 11) is 1.72. The maximum atomic E-state index is 6.68. The molecule has 5 rings (SSSR count). The summed E-state index contributed by atoms with van der Waals surface area (Å²) in [5.41, 5.74) is 5.64. The summed E-state index contributed by atoms with van der Waals surface area (Å²) in [5.74, 6) is 0.852. The smallest absolute Gasteiger partial charge is 0.286 e. The van der Waals surface area contributed by atoms with Crippen LogP contribution in [0.3, 0.4) is 0 Å². The Labute approximate surface area is 194 Å². The van der Waals surface area contributed by atoms with Gasteiger partial charge in [-0.3, -0.25) is 0 Å². The van der Waals surface area contributed by atoms with E-state index in [9.17, 15) is 0 Å². The van der Waals surface area contributed by atoms with Gasteiger partial charge in [0.15, 0.2) is 0 Å². The average molecular weight is 450 g/mol. The Morgan fingerprint density at radius 2 is 2.00 bits per heavy atom. The summed E-state index contributed by atoms with van der Waals surface area (Å²) in [6, 6.07) is 10.4. The van der Waals surface area contributed by atoms with Crippen molar-refractivity contribution in [3.05, 3.63) is 78.7 Å². The molecule has 0 N–H and O–H groups in total. The van der Waals surface area contributed by atoms with Crippen molar-refractivity contribution in [1.82, 2.24) is 4.57 Å². The van der Waals surface area contributed by atoms with E-state index >= 15 is 0 Å². The van der Waals surface area contributed by atoms with E-state index in [4.69, 9.17) is 18.9 Å². The second-order valence-corrected chi connectivity index (χ2v) is 8.55. The molecule has 0 bridgehead atoms. The number of methoxy groups -OCH3 is 1. The molecule has 7 heteroatoms. The molecule has 0 aliphatic carbocycles. The third-order valence-corrected chi connectivity index (χ3v) is 6.47. The number of aromatic nitrogens is 2. The van der Waals surface area contributed by atoms with Crippen LogP contribution in [-0.2, 0) is 20.8 Å². The van der Waals surface area contributed by atoms with Gasteiger partial charge in [-0.25, -0.2) is 4.57 Å². The number of nitrogens with zero attached hydrogens (tertiary/aromatic N) is 3. The fourth-order valence-corrected chi connectivity index (χ4v) is 4.81. The van der Waals surface area contributed by atoms with Crippen LogP contribution in [0, 0.1) is 20.6 Å². The zero-order valence-electron chi connectivity index (χ0n) is 19.4. The number of imidazole rings is 1. The lowest BCUT2D eigenvalue weighted by molar-refractivity contribution is -0.517. The molecule has 33 heavy (non-hydrogen) atoms. The molecule has 0 saturated carbocycles. The minimum Gasteiger partial charge on any atom is -0.496 e. The lowest BCUT2D eigenvalue weighted by Gasteiger charge is -2.28. The van der Waals surface area contributed by atoms with Gasteiger partial charge in [0.1, 0.15) is 42.7 Å². The Morgan fingerprint density at radius 1 is 1.18 bits per heavy atom. The first kappa shape index (κ1) is 21.8. The Balaban J connectivity index is 1.50. The molecule has 2 aliphatic heterocycles. The second kappa shape index (κ2) is 9.45. The van der Waals surface area contributed by atoms with E-state index in [2.05, 4.69) is 47.3 Å². The zero-order valence-corrected chi connectivity index (χ0v) is 19.4. The van der Waals surface area contributed by atoms with E-state index in [-0.39, 0.29) is 12.2 Å². The summed E-state index contributed by atoms with van der Waals surface area (Å²) >= 11 is 0. The van der Waals surface area contributed by atoms with Crippen molar-refractivity contribution < 1.29 is 23.3 Å². The minimum absolute atomic E-state index is 0.135. The molecule has 4 heterocycles. The van der Waals surface area contributed by atoms with Gasteiger partial charge in [-0.1, -0.05) is 18.2 Å². The SMILES string of the molecule is COc1ccccc1C(Cn1cc[n+]2c(C)c(N3[CH]OC=C3)c(C)cc12)OC1CCOCC1. The molecule has 173 valence electrons. The zero-order chi connectivity index (χ0) is 22.8. The fraction of sp³-hybridized carbons (Fsp3) is 0.385. The number of para-hydroxylation sites is 1. The van der Waals surface area contributed by atoms with E-state index in [0.29, 0.717) is 6.54 Å². The van der Waals surface area contributed by atoms with Gasteiger partial charge in [-0.2, -0.15) is 4.40 Å². The van der Waals surface area contributed by atoms with Crippen LogP contribution in [0.25, 0.3) is 5.65 Å². The van der Waals surface area contributed by atoms with Crippen LogP contribution < -0.4 is 14.0 Å². The molecule has 1 fully saturated rings. The molecule has 1 unspecified atom stereocenters. The number of hydrogen-bond donors (Lipinski definition) is 0. The Hall–Kier alpha value is -3.03. The molecule has 1 radical (unpaired) electrons. The fourth-order valence-electron chi connectivity index (χ4n) is 4.81. The van der Waals surface area contributed by atoms with Crippen molar-refractivity contribution in [2.24, 2.45) is 0 Å². The first-order valence-electron chi connectivity index (χ1n) is 11.5. The van der Waals surface area contributed by atoms with Gasteiger partial charge in [-0.05, 0) is 31.4 Å². The van der Waals surface area contributed by atoms with Gasteiger partial charge in [0.2, 0.25) is 6.73 Å². The van der Waals surface area contributed by atoms with E-state index in [1.165, 1.54) is 5.56 Å². The number of fused-ring (bicyclic) bond motifs is 1. The maximum Gasteiger partial charge on any atom is 0.286 e. The van der Waals surface area contributed by atoms with E-state index in [0.717, 1.165) is 54.4 Å². The van der Waals surface area contributed by atoms with Gasteiger partial charge in [0, 0.05) is 38.0 Å². The Bertz CT molecular complexity index is 1150. The highest BCUT2D eigenvalue weighted by atomic mass is 16.5. The quantitative estimate of drug-likeness (QED) is 0.506. The van der Waals surface area contributed by atoms with Crippen LogP contribution in [0.1, 0.15) is 35.8 Å². The third-order valence-electron chi connectivity index (χ3n) is 6.47. The van der Waals surface area contributed by atoms with Gasteiger partial charge in [-0.15, -0.1) is 0 Å². The lowest BCUT2D eigenvalue weighted by atomic mass is 10.1. The molecular weight excluding hydrogens is 418 g/mol. The van der Waals surface area contributed by atoms with Crippen LogP contribution in [-0.4, -0.2) is 31.0 Å². The van der Waals surface area contributed by atoms with E-state index in [1.54, 1.807) is 20.1 Å².